The molecule has 8 heteroatoms. The highest BCUT2D eigenvalue weighted by Crippen LogP contribution is 2.21. The summed E-state index contributed by atoms with van der Waals surface area (Å²) in [6.45, 7) is 1.67. The molecule has 0 aliphatic rings. The predicted molar refractivity (Wildman–Crippen MR) is 129 cm³/mol. The Morgan fingerprint density at radius 2 is 1.61 bits per heavy atom. The van der Waals surface area contributed by atoms with E-state index in [4.69, 9.17) is 0 Å². The normalized spacial score (nSPS) is 12.5. The number of hydrogen-bond acceptors (Lipinski definition) is 3. The highest BCUT2D eigenvalue weighted by atomic mass is 79.9. The van der Waals surface area contributed by atoms with Crippen molar-refractivity contribution in [3.05, 3.63) is 98.9 Å². The molecule has 0 spiro atoms. The van der Waals surface area contributed by atoms with Crippen molar-refractivity contribution < 1.29 is 13.2 Å². The minimum absolute atomic E-state index is 0.0865. The van der Waals surface area contributed by atoms with Crippen LogP contribution >= 0.6 is 31.9 Å². The molecule has 0 radical (unpaired) electrons. The van der Waals surface area contributed by atoms with Gasteiger partial charge in [-0.1, -0.05) is 74.3 Å². The smallest absolute Gasteiger partial charge is 0.243 e. The van der Waals surface area contributed by atoms with Crippen LogP contribution in [0.25, 0.3) is 0 Å². The van der Waals surface area contributed by atoms with Crippen molar-refractivity contribution in [2.24, 2.45) is 0 Å². The summed E-state index contributed by atoms with van der Waals surface area (Å²) in [4.78, 5) is 13.0. The van der Waals surface area contributed by atoms with Crippen molar-refractivity contribution in [2.75, 3.05) is 6.54 Å². The van der Waals surface area contributed by atoms with Crippen LogP contribution in [0.3, 0.4) is 0 Å². The molecular weight excluding hydrogens is 544 g/mol. The lowest BCUT2D eigenvalue weighted by Crippen LogP contribution is -2.41. The summed E-state index contributed by atoms with van der Waals surface area (Å²) in [6.07, 6.45) is 0. The minimum Gasteiger partial charge on any atom is -0.348 e. The summed E-state index contributed by atoms with van der Waals surface area (Å²) in [6, 6.07) is 22.9. The maximum absolute atomic E-state index is 13.3. The number of hydrogen-bond donors (Lipinski definition) is 1. The van der Waals surface area contributed by atoms with Crippen LogP contribution in [-0.4, -0.2) is 25.2 Å². The Hall–Kier alpha value is -2.00. The van der Waals surface area contributed by atoms with E-state index in [9.17, 15) is 13.2 Å². The first-order chi connectivity index (χ1) is 14.8. The Morgan fingerprint density at radius 1 is 0.935 bits per heavy atom. The van der Waals surface area contributed by atoms with E-state index in [0.29, 0.717) is 0 Å². The Labute approximate surface area is 199 Å². The van der Waals surface area contributed by atoms with Crippen LogP contribution < -0.4 is 5.32 Å². The molecule has 1 N–H and O–H groups in total. The third kappa shape index (κ3) is 6.49. The average Bonchev–Trinajstić information content (AvgIpc) is 2.75. The number of sulfonamides is 1. The van der Waals surface area contributed by atoms with Crippen molar-refractivity contribution in [3.8, 4) is 0 Å². The van der Waals surface area contributed by atoms with Crippen LogP contribution in [0.5, 0.6) is 0 Å². The maximum atomic E-state index is 13.3. The summed E-state index contributed by atoms with van der Waals surface area (Å²) in [5.41, 5.74) is 1.71. The lowest BCUT2D eigenvalue weighted by Gasteiger charge is -2.23. The van der Waals surface area contributed by atoms with Gasteiger partial charge in [0.25, 0.3) is 0 Å². The van der Waals surface area contributed by atoms with Crippen molar-refractivity contribution in [1.29, 1.82) is 0 Å². The molecule has 162 valence electrons. The molecule has 31 heavy (non-hydrogen) atoms. The summed E-state index contributed by atoms with van der Waals surface area (Å²) < 4.78 is 29.6. The first-order valence-corrected chi connectivity index (χ1v) is 12.6. The number of rotatable bonds is 8. The van der Waals surface area contributed by atoms with Crippen molar-refractivity contribution in [2.45, 2.75) is 24.4 Å². The van der Waals surface area contributed by atoms with Crippen LogP contribution in [0.2, 0.25) is 0 Å². The fourth-order valence-electron chi connectivity index (χ4n) is 3.07. The predicted octanol–water partition coefficient (Wildman–Crippen LogP) is 5.28. The van der Waals surface area contributed by atoms with Crippen LogP contribution in [0.4, 0.5) is 0 Å². The average molecular weight is 566 g/mol. The summed E-state index contributed by atoms with van der Waals surface area (Å²) >= 11 is 6.81. The standard InChI is InChI=1S/C23H22Br2N2O3S/c1-17(19-6-5-7-21(25)14-19)26-23(28)16-27(15-18-10-12-20(24)13-11-18)31(29,30)22-8-3-2-4-9-22/h2-14,17H,15-16H2,1H3,(H,26,28)/t17-/m0/s1. The molecule has 5 nitrogen and oxygen atoms in total. The van der Waals surface area contributed by atoms with Gasteiger partial charge in [-0.2, -0.15) is 4.31 Å². The molecule has 0 heterocycles. The number of carbonyl (C=O) groups is 1. The van der Waals surface area contributed by atoms with Gasteiger partial charge in [-0.3, -0.25) is 4.79 Å². The summed E-state index contributed by atoms with van der Waals surface area (Å²) in [5, 5.41) is 2.90. The summed E-state index contributed by atoms with van der Waals surface area (Å²) in [5.74, 6) is -0.371. The van der Waals surface area contributed by atoms with Gasteiger partial charge in [0, 0.05) is 15.5 Å². The first kappa shape index (κ1) is 23.7. The Bertz CT molecular complexity index is 1140. The lowest BCUT2D eigenvalue weighted by atomic mass is 10.1. The van der Waals surface area contributed by atoms with Crippen LogP contribution in [0, 0.1) is 0 Å². The first-order valence-electron chi connectivity index (χ1n) is 9.60. The van der Waals surface area contributed by atoms with Gasteiger partial charge in [0.2, 0.25) is 15.9 Å². The van der Waals surface area contributed by atoms with E-state index < -0.39 is 10.0 Å². The number of halogens is 2. The topological polar surface area (TPSA) is 66.5 Å². The van der Waals surface area contributed by atoms with E-state index in [1.807, 2.05) is 55.5 Å². The van der Waals surface area contributed by atoms with E-state index >= 15 is 0 Å². The maximum Gasteiger partial charge on any atom is 0.243 e. The molecule has 0 saturated heterocycles. The molecular formula is C23H22Br2N2O3S. The number of carbonyl (C=O) groups excluding carboxylic acids is 1. The Morgan fingerprint density at radius 3 is 2.26 bits per heavy atom. The lowest BCUT2D eigenvalue weighted by molar-refractivity contribution is -0.122. The van der Waals surface area contributed by atoms with Gasteiger partial charge in [0.1, 0.15) is 0 Å². The second-order valence-electron chi connectivity index (χ2n) is 7.06. The molecule has 0 unspecified atom stereocenters. The van der Waals surface area contributed by atoms with Gasteiger partial charge in [0.15, 0.2) is 0 Å². The molecule has 3 rings (SSSR count). The van der Waals surface area contributed by atoms with E-state index in [0.717, 1.165) is 20.1 Å². The van der Waals surface area contributed by atoms with E-state index in [1.165, 1.54) is 16.4 Å². The van der Waals surface area contributed by atoms with Crippen LogP contribution in [0.15, 0.2) is 92.7 Å². The highest BCUT2D eigenvalue weighted by molar-refractivity contribution is 9.10. The number of amides is 1. The van der Waals surface area contributed by atoms with Gasteiger partial charge >= 0.3 is 0 Å². The SMILES string of the molecule is C[C@H](NC(=O)CN(Cc1ccc(Br)cc1)S(=O)(=O)c1ccccc1)c1cccc(Br)c1. The molecule has 0 aromatic heterocycles. The molecule has 0 bridgehead atoms. The summed E-state index contributed by atoms with van der Waals surface area (Å²) in [7, 11) is -3.86. The Balaban J connectivity index is 1.82. The molecule has 3 aromatic carbocycles. The quantitative estimate of drug-likeness (QED) is 0.404. The zero-order valence-corrected chi connectivity index (χ0v) is 20.8. The van der Waals surface area contributed by atoms with Gasteiger partial charge < -0.3 is 5.32 Å². The van der Waals surface area contributed by atoms with Gasteiger partial charge in [-0.15, -0.1) is 0 Å². The Kier molecular flexibility index (Phi) is 8.05. The monoisotopic (exact) mass is 564 g/mol. The molecule has 3 aromatic rings. The van der Waals surface area contributed by atoms with Gasteiger partial charge in [0.05, 0.1) is 17.5 Å². The van der Waals surface area contributed by atoms with E-state index in [2.05, 4.69) is 37.2 Å². The van der Waals surface area contributed by atoms with E-state index in [1.54, 1.807) is 18.2 Å². The molecule has 0 saturated carbocycles. The minimum atomic E-state index is -3.86. The molecule has 0 aliphatic carbocycles. The van der Waals surface area contributed by atoms with Crippen molar-refractivity contribution in [3.63, 3.8) is 0 Å². The zero-order valence-electron chi connectivity index (χ0n) is 16.8. The van der Waals surface area contributed by atoms with Crippen molar-refractivity contribution in [1.82, 2.24) is 9.62 Å². The van der Waals surface area contributed by atoms with Crippen LogP contribution in [-0.2, 0) is 21.4 Å². The van der Waals surface area contributed by atoms with Gasteiger partial charge in [-0.25, -0.2) is 8.42 Å². The zero-order chi connectivity index (χ0) is 22.4. The molecule has 1 amide bonds. The largest absolute Gasteiger partial charge is 0.348 e. The number of nitrogens with zero attached hydrogens (tertiary/aromatic N) is 1. The van der Waals surface area contributed by atoms with Gasteiger partial charge in [-0.05, 0) is 54.4 Å². The van der Waals surface area contributed by atoms with Crippen LogP contribution in [0.1, 0.15) is 24.1 Å². The number of benzene rings is 3. The second kappa shape index (κ2) is 10.5. The second-order valence-corrected chi connectivity index (χ2v) is 10.8. The third-order valence-corrected chi connectivity index (χ3v) is 7.53. The molecule has 0 aliphatic heterocycles. The highest BCUT2D eigenvalue weighted by Gasteiger charge is 2.27. The van der Waals surface area contributed by atoms with E-state index in [-0.39, 0.29) is 29.9 Å². The molecule has 0 fully saturated rings. The third-order valence-electron chi connectivity index (χ3n) is 4.70. The number of nitrogens with one attached hydrogen (secondary N) is 1. The molecule has 1 atom stereocenters. The fraction of sp³-hybridized carbons (Fsp3) is 0.174. The fourth-order valence-corrected chi connectivity index (χ4v) is 5.15. The van der Waals surface area contributed by atoms with Crippen molar-refractivity contribution >= 4 is 47.8 Å².